The number of pyridine rings is 1. The van der Waals surface area contributed by atoms with Gasteiger partial charge in [0.05, 0.1) is 13.2 Å². The second-order valence-corrected chi connectivity index (χ2v) is 4.63. The third kappa shape index (κ3) is 4.47. The van der Waals surface area contributed by atoms with E-state index in [1.807, 2.05) is 18.2 Å². The van der Waals surface area contributed by atoms with Gasteiger partial charge in [-0.1, -0.05) is 18.2 Å². The highest BCUT2D eigenvalue weighted by Crippen LogP contribution is 2.22. The number of fused-ring (bicyclic) bond motifs is 1. The maximum absolute atomic E-state index is 5.83. The van der Waals surface area contributed by atoms with E-state index < -0.39 is 0 Å². The number of nitrogens with zero attached hydrogens (tertiary/aromatic N) is 1. The zero-order chi connectivity index (χ0) is 14.0. The molecule has 0 amide bonds. The number of nitrogens with one attached hydrogen (secondary N) is 1. The topological polar surface area (TPSA) is 43.4 Å². The second-order valence-electron chi connectivity index (χ2n) is 4.63. The number of para-hydroxylation sites is 1. The number of rotatable bonds is 9. The van der Waals surface area contributed by atoms with E-state index >= 15 is 0 Å². The molecule has 1 aromatic carbocycles. The highest BCUT2D eigenvalue weighted by atomic mass is 16.5. The number of hydrogen-bond donors (Lipinski definition) is 1. The highest BCUT2D eigenvalue weighted by molar-refractivity contribution is 5.84. The van der Waals surface area contributed by atoms with Crippen molar-refractivity contribution in [2.75, 3.05) is 33.4 Å². The summed E-state index contributed by atoms with van der Waals surface area (Å²) in [6.07, 6.45) is 3.93. The zero-order valence-electron chi connectivity index (χ0n) is 12.0. The maximum atomic E-state index is 5.83. The van der Waals surface area contributed by atoms with Gasteiger partial charge < -0.3 is 14.8 Å². The SMILES string of the molecule is COCCNCCCCOc1cccc2cccnc12. The van der Waals surface area contributed by atoms with Crippen molar-refractivity contribution in [3.05, 3.63) is 36.5 Å². The number of unbranched alkanes of at least 4 members (excludes halogenated alkanes) is 1. The van der Waals surface area contributed by atoms with Crippen molar-refractivity contribution < 1.29 is 9.47 Å². The summed E-state index contributed by atoms with van der Waals surface area (Å²) < 4.78 is 10.8. The summed E-state index contributed by atoms with van der Waals surface area (Å²) in [5, 5.41) is 4.44. The Hall–Kier alpha value is -1.65. The van der Waals surface area contributed by atoms with Crippen molar-refractivity contribution in [1.82, 2.24) is 10.3 Å². The lowest BCUT2D eigenvalue weighted by molar-refractivity contribution is 0.199. The molecule has 1 aromatic heterocycles. The van der Waals surface area contributed by atoms with Crippen LogP contribution >= 0.6 is 0 Å². The molecule has 1 N–H and O–H groups in total. The van der Waals surface area contributed by atoms with Gasteiger partial charge >= 0.3 is 0 Å². The molecule has 20 heavy (non-hydrogen) atoms. The summed E-state index contributed by atoms with van der Waals surface area (Å²) in [4.78, 5) is 4.38. The summed E-state index contributed by atoms with van der Waals surface area (Å²) in [6, 6.07) is 10.0. The molecule has 2 rings (SSSR count). The summed E-state index contributed by atoms with van der Waals surface area (Å²) in [5.41, 5.74) is 0.938. The van der Waals surface area contributed by atoms with Gasteiger partial charge in [0, 0.05) is 25.2 Å². The molecule has 1 heterocycles. The molecule has 0 saturated carbocycles. The van der Waals surface area contributed by atoms with Crippen LogP contribution in [-0.4, -0.2) is 38.4 Å². The van der Waals surface area contributed by atoms with Crippen molar-refractivity contribution in [2.24, 2.45) is 0 Å². The van der Waals surface area contributed by atoms with Gasteiger partial charge in [0.2, 0.25) is 0 Å². The highest BCUT2D eigenvalue weighted by Gasteiger charge is 2.01. The lowest BCUT2D eigenvalue weighted by Crippen LogP contribution is -2.20. The molecule has 0 aliphatic heterocycles. The third-order valence-electron chi connectivity index (χ3n) is 3.08. The van der Waals surface area contributed by atoms with Crippen molar-refractivity contribution in [2.45, 2.75) is 12.8 Å². The van der Waals surface area contributed by atoms with E-state index in [1.165, 1.54) is 0 Å². The Morgan fingerprint density at radius 2 is 1.95 bits per heavy atom. The molecule has 0 atom stereocenters. The van der Waals surface area contributed by atoms with Crippen LogP contribution in [0.1, 0.15) is 12.8 Å². The Morgan fingerprint density at radius 1 is 1.05 bits per heavy atom. The van der Waals surface area contributed by atoms with Gasteiger partial charge in [0.25, 0.3) is 0 Å². The Morgan fingerprint density at radius 3 is 2.85 bits per heavy atom. The predicted molar refractivity (Wildman–Crippen MR) is 81.2 cm³/mol. The van der Waals surface area contributed by atoms with Crippen LogP contribution in [0.2, 0.25) is 0 Å². The standard InChI is InChI=1S/C16H22N2O2/c1-19-13-11-17-9-2-3-12-20-15-8-4-6-14-7-5-10-18-16(14)15/h4-8,10,17H,2-3,9,11-13H2,1H3. The second kappa shape index (κ2) is 8.51. The molecule has 0 aliphatic rings. The number of ether oxygens (including phenoxy) is 2. The van der Waals surface area contributed by atoms with E-state index in [9.17, 15) is 0 Å². The van der Waals surface area contributed by atoms with Gasteiger partial charge in [0.15, 0.2) is 0 Å². The van der Waals surface area contributed by atoms with Gasteiger partial charge in [-0.15, -0.1) is 0 Å². The van der Waals surface area contributed by atoms with Crippen LogP contribution < -0.4 is 10.1 Å². The van der Waals surface area contributed by atoms with Crippen LogP contribution in [0.3, 0.4) is 0 Å². The van der Waals surface area contributed by atoms with Crippen molar-refractivity contribution in [3.8, 4) is 5.75 Å². The van der Waals surface area contributed by atoms with E-state index in [2.05, 4.69) is 22.4 Å². The van der Waals surface area contributed by atoms with Gasteiger partial charge in [-0.25, -0.2) is 0 Å². The molecule has 0 fully saturated rings. The Kier molecular flexibility index (Phi) is 6.27. The first-order chi connectivity index (χ1) is 9.92. The quantitative estimate of drug-likeness (QED) is 0.714. The van der Waals surface area contributed by atoms with Crippen LogP contribution in [0, 0.1) is 0 Å². The van der Waals surface area contributed by atoms with Gasteiger partial charge in [-0.3, -0.25) is 4.98 Å². The van der Waals surface area contributed by atoms with Gasteiger partial charge in [0.1, 0.15) is 11.3 Å². The Bertz CT molecular complexity index is 511. The number of aromatic nitrogens is 1. The molecule has 2 aromatic rings. The molecule has 0 bridgehead atoms. The lowest BCUT2D eigenvalue weighted by atomic mass is 10.2. The number of methoxy groups -OCH3 is 1. The van der Waals surface area contributed by atoms with Crippen LogP contribution in [0.25, 0.3) is 10.9 Å². The van der Waals surface area contributed by atoms with E-state index in [4.69, 9.17) is 9.47 Å². The molecule has 4 nitrogen and oxygen atoms in total. The number of hydrogen-bond acceptors (Lipinski definition) is 4. The Balaban J connectivity index is 1.71. The predicted octanol–water partition coefficient (Wildman–Crippen LogP) is 2.63. The van der Waals surface area contributed by atoms with E-state index in [0.29, 0.717) is 0 Å². The maximum Gasteiger partial charge on any atom is 0.145 e. The van der Waals surface area contributed by atoms with E-state index in [0.717, 1.165) is 55.8 Å². The molecule has 0 radical (unpaired) electrons. The van der Waals surface area contributed by atoms with E-state index in [1.54, 1.807) is 13.3 Å². The molecular weight excluding hydrogens is 252 g/mol. The van der Waals surface area contributed by atoms with Crippen LogP contribution in [0.5, 0.6) is 5.75 Å². The molecule has 0 unspecified atom stereocenters. The fourth-order valence-corrected chi connectivity index (χ4v) is 2.03. The monoisotopic (exact) mass is 274 g/mol. The fourth-order valence-electron chi connectivity index (χ4n) is 2.03. The van der Waals surface area contributed by atoms with Crippen molar-refractivity contribution in [1.29, 1.82) is 0 Å². The number of benzene rings is 1. The van der Waals surface area contributed by atoms with Crippen molar-refractivity contribution in [3.63, 3.8) is 0 Å². The molecule has 108 valence electrons. The molecule has 0 saturated heterocycles. The minimum atomic E-state index is 0.724. The fraction of sp³-hybridized carbons (Fsp3) is 0.438. The minimum absolute atomic E-state index is 0.724. The average Bonchev–Trinajstić information content (AvgIpc) is 2.50. The van der Waals surface area contributed by atoms with Crippen LogP contribution in [-0.2, 0) is 4.74 Å². The first kappa shape index (κ1) is 14.8. The smallest absolute Gasteiger partial charge is 0.145 e. The molecular formula is C16H22N2O2. The Labute approximate surface area is 120 Å². The first-order valence-electron chi connectivity index (χ1n) is 7.08. The van der Waals surface area contributed by atoms with Crippen molar-refractivity contribution >= 4 is 10.9 Å². The van der Waals surface area contributed by atoms with Crippen LogP contribution in [0.15, 0.2) is 36.5 Å². The van der Waals surface area contributed by atoms with E-state index in [-0.39, 0.29) is 0 Å². The third-order valence-corrected chi connectivity index (χ3v) is 3.08. The van der Waals surface area contributed by atoms with Crippen LogP contribution in [0.4, 0.5) is 0 Å². The molecule has 4 heteroatoms. The molecule has 0 spiro atoms. The zero-order valence-corrected chi connectivity index (χ0v) is 12.0. The summed E-state index contributed by atoms with van der Waals surface area (Å²) in [5.74, 6) is 0.871. The largest absolute Gasteiger partial charge is 0.491 e. The molecule has 0 aliphatic carbocycles. The summed E-state index contributed by atoms with van der Waals surface area (Å²) in [6.45, 7) is 3.39. The minimum Gasteiger partial charge on any atom is -0.491 e. The first-order valence-corrected chi connectivity index (χ1v) is 7.08. The average molecular weight is 274 g/mol. The van der Waals surface area contributed by atoms with Gasteiger partial charge in [-0.05, 0) is 31.5 Å². The summed E-state index contributed by atoms with van der Waals surface area (Å²) >= 11 is 0. The normalized spacial score (nSPS) is 10.8. The van der Waals surface area contributed by atoms with Gasteiger partial charge in [-0.2, -0.15) is 0 Å². The lowest BCUT2D eigenvalue weighted by Gasteiger charge is -2.08. The summed E-state index contributed by atoms with van der Waals surface area (Å²) in [7, 11) is 1.72.